The average molecular weight is 418 g/mol. The van der Waals surface area contributed by atoms with Crippen molar-refractivity contribution in [1.82, 2.24) is 4.31 Å². The Hall–Kier alpha value is -1.35. The Labute approximate surface area is 158 Å². The molecule has 6 nitrogen and oxygen atoms in total. The van der Waals surface area contributed by atoms with Gasteiger partial charge in [0.15, 0.2) is 9.84 Å². The minimum atomic E-state index is -3.70. The Kier molecular flexibility index (Phi) is 5.48. The molecule has 1 aromatic heterocycles. The van der Waals surface area contributed by atoms with Crippen LogP contribution in [0.15, 0.2) is 45.9 Å². The molecular weight excluding hydrogens is 398 g/mol. The van der Waals surface area contributed by atoms with Crippen LogP contribution in [0, 0.1) is 6.92 Å². The van der Waals surface area contributed by atoms with Crippen molar-refractivity contribution in [3.05, 3.63) is 52.9 Å². The monoisotopic (exact) mass is 417 g/mol. The summed E-state index contributed by atoms with van der Waals surface area (Å²) in [5.41, 5.74) is 0.613. The van der Waals surface area contributed by atoms with Crippen LogP contribution in [0.4, 0.5) is 0 Å². The van der Waals surface area contributed by atoms with Gasteiger partial charge in [-0.1, -0.05) is 17.7 Å². The van der Waals surface area contributed by atoms with Crippen molar-refractivity contribution in [1.29, 1.82) is 0 Å². The van der Waals surface area contributed by atoms with E-state index in [0.29, 0.717) is 16.3 Å². The second kappa shape index (κ2) is 7.34. The molecule has 9 heteroatoms. The first-order valence-electron chi connectivity index (χ1n) is 8.20. The molecule has 2 aromatic rings. The molecule has 0 saturated carbocycles. The molecule has 0 amide bonds. The van der Waals surface area contributed by atoms with Gasteiger partial charge in [0, 0.05) is 18.1 Å². The lowest BCUT2D eigenvalue weighted by atomic mass is 10.2. The Morgan fingerprint density at radius 2 is 1.85 bits per heavy atom. The van der Waals surface area contributed by atoms with E-state index in [-0.39, 0.29) is 36.6 Å². The van der Waals surface area contributed by atoms with Gasteiger partial charge >= 0.3 is 0 Å². The number of nitrogens with zero attached hydrogens (tertiary/aromatic N) is 1. The minimum absolute atomic E-state index is 0.162. The third-order valence-corrected chi connectivity index (χ3v) is 9.05. The third-order valence-electron chi connectivity index (χ3n) is 4.60. The third kappa shape index (κ3) is 3.98. The van der Waals surface area contributed by atoms with Gasteiger partial charge in [-0.3, -0.25) is 0 Å². The summed E-state index contributed by atoms with van der Waals surface area (Å²) in [6, 6.07) is 8.01. The standard InChI is InChI=1S/C17H20ClNO5S2/c1-13-4-5-14(18)11-17(13)26(22,23)19-8-6-16(7-9-19)25(20,21)12-15-3-2-10-24-15/h2-5,10-11,16H,6-9,12H2,1H3. The van der Waals surface area contributed by atoms with Crippen LogP contribution in [0.5, 0.6) is 0 Å². The van der Waals surface area contributed by atoms with E-state index in [0.717, 1.165) is 0 Å². The van der Waals surface area contributed by atoms with Crippen LogP contribution in [0.25, 0.3) is 0 Å². The molecule has 0 atom stereocenters. The first-order valence-corrected chi connectivity index (χ1v) is 11.7. The van der Waals surface area contributed by atoms with Crippen LogP contribution in [-0.4, -0.2) is 39.5 Å². The number of furan rings is 1. The maximum Gasteiger partial charge on any atom is 0.243 e. The maximum atomic E-state index is 12.9. The predicted octanol–water partition coefficient (Wildman–Crippen LogP) is 3.01. The van der Waals surface area contributed by atoms with Gasteiger partial charge in [-0.2, -0.15) is 4.31 Å². The second-order valence-corrected chi connectivity index (χ2v) is 11.0. The SMILES string of the molecule is Cc1ccc(Cl)cc1S(=O)(=O)N1CCC(S(=O)(=O)Cc2ccco2)CC1. The van der Waals surface area contributed by atoms with Gasteiger partial charge in [0.1, 0.15) is 11.5 Å². The summed E-state index contributed by atoms with van der Waals surface area (Å²) < 4.78 is 57.3. The Balaban J connectivity index is 1.72. The second-order valence-electron chi connectivity index (χ2n) is 6.40. The molecule has 26 heavy (non-hydrogen) atoms. The maximum absolute atomic E-state index is 12.9. The van der Waals surface area contributed by atoms with Crippen LogP contribution >= 0.6 is 11.6 Å². The van der Waals surface area contributed by atoms with Gasteiger partial charge in [0.2, 0.25) is 10.0 Å². The quantitative estimate of drug-likeness (QED) is 0.746. The van der Waals surface area contributed by atoms with Crippen molar-refractivity contribution in [3.63, 3.8) is 0 Å². The number of halogens is 1. The van der Waals surface area contributed by atoms with Gasteiger partial charge in [0.25, 0.3) is 0 Å². The molecule has 142 valence electrons. The molecule has 1 aliphatic rings. The molecular formula is C17H20ClNO5S2. The van der Waals surface area contributed by atoms with Gasteiger partial charge in [0.05, 0.1) is 16.4 Å². The number of rotatable bonds is 5. The molecule has 2 heterocycles. The molecule has 0 spiro atoms. The highest BCUT2D eigenvalue weighted by Crippen LogP contribution is 2.28. The van der Waals surface area contributed by atoms with Gasteiger partial charge in [-0.25, -0.2) is 16.8 Å². The largest absolute Gasteiger partial charge is 0.468 e. The first-order chi connectivity index (χ1) is 12.2. The van der Waals surface area contributed by atoms with Crippen molar-refractivity contribution in [3.8, 4) is 0 Å². The molecule has 1 saturated heterocycles. The van der Waals surface area contributed by atoms with E-state index in [9.17, 15) is 16.8 Å². The van der Waals surface area contributed by atoms with Crippen molar-refractivity contribution in [2.75, 3.05) is 13.1 Å². The van der Waals surface area contributed by atoms with Crippen molar-refractivity contribution in [2.24, 2.45) is 0 Å². The fraction of sp³-hybridized carbons (Fsp3) is 0.412. The molecule has 1 fully saturated rings. The molecule has 1 aromatic carbocycles. The molecule has 1 aliphatic heterocycles. The van der Waals surface area contributed by atoms with E-state index in [2.05, 4.69) is 0 Å². The number of piperidine rings is 1. The fourth-order valence-electron chi connectivity index (χ4n) is 3.13. The van der Waals surface area contributed by atoms with Crippen molar-refractivity contribution in [2.45, 2.75) is 35.7 Å². The summed E-state index contributed by atoms with van der Waals surface area (Å²) in [5.74, 6) is 0.236. The predicted molar refractivity (Wildman–Crippen MR) is 99.3 cm³/mol. The summed E-state index contributed by atoms with van der Waals surface area (Å²) >= 11 is 5.94. The lowest BCUT2D eigenvalue weighted by Crippen LogP contribution is -2.42. The summed E-state index contributed by atoms with van der Waals surface area (Å²) in [6.07, 6.45) is 1.97. The summed E-state index contributed by atoms with van der Waals surface area (Å²) in [5, 5.41) is -0.218. The highest BCUT2D eigenvalue weighted by molar-refractivity contribution is 7.91. The van der Waals surface area contributed by atoms with Crippen LogP contribution in [0.2, 0.25) is 5.02 Å². The minimum Gasteiger partial charge on any atom is -0.468 e. The van der Waals surface area contributed by atoms with Crippen molar-refractivity contribution < 1.29 is 21.3 Å². The van der Waals surface area contributed by atoms with Crippen LogP contribution in [-0.2, 0) is 25.6 Å². The molecule has 0 unspecified atom stereocenters. The molecule has 0 radical (unpaired) electrons. The topological polar surface area (TPSA) is 84.7 Å². The summed E-state index contributed by atoms with van der Waals surface area (Å²) in [6.45, 7) is 2.04. The highest BCUT2D eigenvalue weighted by atomic mass is 35.5. The normalized spacial score (nSPS) is 17.5. The van der Waals surface area contributed by atoms with E-state index in [4.69, 9.17) is 16.0 Å². The first kappa shape index (κ1) is 19.4. The zero-order valence-electron chi connectivity index (χ0n) is 14.3. The van der Waals surface area contributed by atoms with Gasteiger partial charge < -0.3 is 4.42 Å². The molecule has 3 rings (SSSR count). The van der Waals surface area contributed by atoms with E-state index in [1.807, 2.05) is 0 Å². The van der Waals surface area contributed by atoms with Crippen molar-refractivity contribution >= 4 is 31.5 Å². The zero-order valence-corrected chi connectivity index (χ0v) is 16.6. The molecule has 0 aliphatic carbocycles. The highest BCUT2D eigenvalue weighted by Gasteiger charge is 2.35. The van der Waals surface area contributed by atoms with E-state index < -0.39 is 25.1 Å². The number of hydrogen-bond acceptors (Lipinski definition) is 5. The van der Waals surface area contributed by atoms with Crippen LogP contribution in [0.3, 0.4) is 0 Å². The average Bonchev–Trinajstić information content (AvgIpc) is 3.09. The Morgan fingerprint density at radius 3 is 2.46 bits per heavy atom. The van der Waals surface area contributed by atoms with E-state index >= 15 is 0 Å². The molecule has 0 N–H and O–H groups in total. The Morgan fingerprint density at radius 1 is 1.15 bits per heavy atom. The lowest BCUT2D eigenvalue weighted by molar-refractivity contribution is 0.345. The van der Waals surface area contributed by atoms with Crippen LogP contribution < -0.4 is 0 Å². The van der Waals surface area contributed by atoms with Gasteiger partial charge in [-0.15, -0.1) is 0 Å². The smallest absolute Gasteiger partial charge is 0.243 e. The lowest BCUT2D eigenvalue weighted by Gasteiger charge is -2.31. The Bertz CT molecular complexity index is 976. The van der Waals surface area contributed by atoms with E-state index in [1.165, 1.54) is 16.6 Å². The molecule has 0 bridgehead atoms. The number of benzene rings is 1. The number of sulfonamides is 1. The number of hydrogen-bond donors (Lipinski definition) is 0. The summed E-state index contributed by atoms with van der Waals surface area (Å²) in [4.78, 5) is 0.168. The number of sulfone groups is 1. The van der Waals surface area contributed by atoms with E-state index in [1.54, 1.807) is 31.2 Å². The van der Waals surface area contributed by atoms with Crippen LogP contribution in [0.1, 0.15) is 24.2 Å². The summed E-state index contributed by atoms with van der Waals surface area (Å²) in [7, 11) is -7.09. The fourth-order valence-corrected chi connectivity index (χ4v) is 6.82. The zero-order chi connectivity index (χ0) is 18.9. The number of aryl methyl sites for hydroxylation is 1. The van der Waals surface area contributed by atoms with Gasteiger partial charge in [-0.05, 0) is 49.6 Å².